The first-order chi connectivity index (χ1) is 19.8. The van der Waals surface area contributed by atoms with Gasteiger partial charge in [0.1, 0.15) is 23.3 Å². The Kier molecular flexibility index (Phi) is 9.34. The number of fused-ring (bicyclic) bond motifs is 1. The van der Waals surface area contributed by atoms with Gasteiger partial charge in [-0.05, 0) is 61.5 Å². The molecule has 12 heteroatoms. The summed E-state index contributed by atoms with van der Waals surface area (Å²) in [5.41, 5.74) is 9.83. The quantitative estimate of drug-likeness (QED) is 0.108. The molecule has 5 rings (SSSR count). The second kappa shape index (κ2) is 13.1. The first-order valence-corrected chi connectivity index (χ1v) is 12.5. The molecule has 0 saturated carbocycles. The van der Waals surface area contributed by atoms with Crippen molar-refractivity contribution in [3.05, 3.63) is 102 Å². The van der Waals surface area contributed by atoms with Crippen LogP contribution in [0, 0.1) is 23.7 Å². The van der Waals surface area contributed by atoms with Gasteiger partial charge in [0.15, 0.2) is 5.96 Å². The predicted octanol–water partition coefficient (Wildman–Crippen LogP) is 2.73. The molecule has 0 saturated heterocycles. The minimum atomic E-state index is -0.349. The molecule has 206 valence electrons. The summed E-state index contributed by atoms with van der Waals surface area (Å²) in [6.45, 7) is 1.85. The summed E-state index contributed by atoms with van der Waals surface area (Å²) >= 11 is 0. The number of benzene rings is 3. The Labute approximate surface area is 265 Å². The molecule has 0 atom stereocenters. The standard InChI is InChI=1S/C30H26N8O3.Na.H/c1-18-26(37-29(39)19-5-3-6-22(13-19)36-30(32)33)17-38-28(18)27(20(15-31)16-34-38)35-21-9-11-23(12-10-21)41-25-8-4-7-24(14-25)40-2;;/h3-14,16-17,35H,1-2H3,(H,37,39)(H4,32,33,36);;/q;+1;-1. The van der Waals surface area contributed by atoms with Crippen LogP contribution in [0.1, 0.15) is 22.9 Å². The molecule has 0 bridgehead atoms. The number of ether oxygens (including phenoxy) is 2. The third-order valence-electron chi connectivity index (χ3n) is 6.23. The van der Waals surface area contributed by atoms with Crippen LogP contribution in [0.3, 0.4) is 0 Å². The maximum absolute atomic E-state index is 13.0. The Bertz CT molecular complexity index is 1820. The number of hydrogen-bond acceptors (Lipinski definition) is 7. The fourth-order valence-corrected chi connectivity index (χ4v) is 4.27. The molecule has 2 heterocycles. The van der Waals surface area contributed by atoms with E-state index in [0.717, 1.165) is 11.3 Å². The summed E-state index contributed by atoms with van der Waals surface area (Å²) in [7, 11) is 1.60. The maximum Gasteiger partial charge on any atom is 1.00 e. The van der Waals surface area contributed by atoms with Crippen molar-refractivity contribution >= 4 is 40.1 Å². The number of amides is 1. The van der Waals surface area contributed by atoms with Crippen LogP contribution in [-0.2, 0) is 0 Å². The van der Waals surface area contributed by atoms with E-state index < -0.39 is 0 Å². The van der Waals surface area contributed by atoms with Gasteiger partial charge >= 0.3 is 29.6 Å². The number of aryl methyl sites for hydroxylation is 1. The number of nitrogens with one attached hydrogen (secondary N) is 4. The van der Waals surface area contributed by atoms with E-state index in [1.807, 2.05) is 49.4 Å². The van der Waals surface area contributed by atoms with Gasteiger partial charge in [-0.3, -0.25) is 10.2 Å². The van der Waals surface area contributed by atoms with Crippen LogP contribution in [0.15, 0.2) is 85.2 Å². The molecule has 0 aliphatic rings. The molecule has 1 amide bonds. The average molecular weight is 571 g/mol. The largest absolute Gasteiger partial charge is 1.00 e. The number of hydrogen-bond donors (Lipinski definition) is 5. The summed E-state index contributed by atoms with van der Waals surface area (Å²) in [6.07, 6.45) is 3.16. The van der Waals surface area contributed by atoms with Crippen LogP contribution in [-0.4, -0.2) is 28.6 Å². The number of anilines is 4. The Balaban J connectivity index is 0.00000253. The van der Waals surface area contributed by atoms with Crippen LogP contribution < -0.4 is 60.7 Å². The number of nitriles is 1. The molecule has 0 aliphatic heterocycles. The van der Waals surface area contributed by atoms with E-state index in [0.29, 0.717) is 51.0 Å². The van der Waals surface area contributed by atoms with E-state index in [9.17, 15) is 10.1 Å². The summed E-state index contributed by atoms with van der Waals surface area (Å²) in [6, 6.07) is 23.5. The third-order valence-corrected chi connectivity index (χ3v) is 6.23. The fraction of sp³-hybridized carbons (Fsp3) is 0.0667. The van der Waals surface area contributed by atoms with Gasteiger partial charge in [0, 0.05) is 28.6 Å². The minimum absolute atomic E-state index is 0. The molecule has 5 aromatic rings. The minimum Gasteiger partial charge on any atom is -1.00 e. The number of nitrogens with two attached hydrogens (primary N) is 1. The second-order valence-electron chi connectivity index (χ2n) is 9.01. The number of rotatable bonds is 8. The number of methoxy groups -OCH3 is 1. The van der Waals surface area contributed by atoms with Crippen molar-refractivity contribution in [1.82, 2.24) is 9.61 Å². The molecule has 0 aliphatic carbocycles. The van der Waals surface area contributed by atoms with E-state index in [-0.39, 0.29) is 42.9 Å². The fourth-order valence-electron chi connectivity index (χ4n) is 4.27. The maximum atomic E-state index is 13.0. The summed E-state index contributed by atoms with van der Waals surface area (Å²) in [4.78, 5) is 13.0. The van der Waals surface area contributed by atoms with Gasteiger partial charge in [-0.25, -0.2) is 4.52 Å². The van der Waals surface area contributed by atoms with E-state index in [1.165, 1.54) is 6.20 Å². The Morgan fingerprint density at radius 3 is 2.48 bits per heavy atom. The van der Waals surface area contributed by atoms with Crippen molar-refractivity contribution in [3.8, 4) is 23.3 Å². The zero-order chi connectivity index (χ0) is 28.9. The number of carbonyl (C=O) groups excluding carboxylic acids is 1. The SMILES string of the molecule is COc1cccc(Oc2ccc(Nc3c(C#N)cnn4cc(NC(=O)c5cccc(NC(=N)N)c5)c(C)c34)cc2)c1.[H-].[Na+]. The van der Waals surface area contributed by atoms with Crippen molar-refractivity contribution in [2.24, 2.45) is 5.73 Å². The van der Waals surface area contributed by atoms with Crippen molar-refractivity contribution in [1.29, 1.82) is 10.7 Å². The van der Waals surface area contributed by atoms with E-state index in [2.05, 4.69) is 27.1 Å². The Hall–Kier alpha value is -5.02. The molecule has 0 fully saturated rings. The molecule has 42 heavy (non-hydrogen) atoms. The number of carbonyl (C=O) groups is 1. The Morgan fingerprint density at radius 1 is 1.02 bits per heavy atom. The number of nitrogens with zero attached hydrogens (tertiary/aromatic N) is 3. The molecule has 0 radical (unpaired) electrons. The zero-order valence-electron chi connectivity index (χ0n) is 24.2. The Morgan fingerprint density at radius 2 is 1.76 bits per heavy atom. The van der Waals surface area contributed by atoms with Gasteiger partial charge in [0.25, 0.3) is 5.91 Å². The van der Waals surface area contributed by atoms with E-state index in [4.69, 9.17) is 20.6 Å². The smallest absolute Gasteiger partial charge is 1.00 e. The first kappa shape index (κ1) is 30.0. The van der Waals surface area contributed by atoms with Gasteiger partial charge in [0.2, 0.25) is 0 Å². The normalized spacial score (nSPS) is 10.2. The van der Waals surface area contributed by atoms with E-state index >= 15 is 0 Å². The van der Waals surface area contributed by atoms with Crippen molar-refractivity contribution in [2.45, 2.75) is 6.92 Å². The molecule has 0 unspecified atom stereocenters. The topological polar surface area (TPSA) is 163 Å². The molecule has 6 N–H and O–H groups in total. The van der Waals surface area contributed by atoms with Crippen molar-refractivity contribution in [2.75, 3.05) is 23.1 Å². The van der Waals surface area contributed by atoms with Gasteiger partial charge in [0.05, 0.1) is 42.0 Å². The molecule has 0 spiro atoms. The molecule has 11 nitrogen and oxygen atoms in total. The molecule has 2 aromatic heterocycles. The summed E-state index contributed by atoms with van der Waals surface area (Å²) in [5, 5.41) is 30.5. The monoisotopic (exact) mass is 570 g/mol. The van der Waals surface area contributed by atoms with Crippen molar-refractivity contribution < 1.29 is 45.3 Å². The summed E-state index contributed by atoms with van der Waals surface area (Å²) < 4.78 is 12.8. The van der Waals surface area contributed by atoms with Crippen molar-refractivity contribution in [3.63, 3.8) is 0 Å². The van der Waals surface area contributed by atoms with Gasteiger partial charge in [-0.1, -0.05) is 12.1 Å². The van der Waals surface area contributed by atoms with Gasteiger partial charge < -0.3 is 32.6 Å². The average Bonchev–Trinajstić information content (AvgIpc) is 3.29. The van der Waals surface area contributed by atoms with Crippen LogP contribution in [0.5, 0.6) is 17.2 Å². The number of guanidine groups is 1. The van der Waals surface area contributed by atoms with Crippen LogP contribution in [0.4, 0.5) is 22.7 Å². The second-order valence-corrected chi connectivity index (χ2v) is 9.01. The van der Waals surface area contributed by atoms with Gasteiger partial charge in [-0.15, -0.1) is 0 Å². The number of aromatic nitrogens is 2. The van der Waals surface area contributed by atoms with Gasteiger partial charge in [-0.2, -0.15) is 10.4 Å². The van der Waals surface area contributed by atoms with Crippen LogP contribution in [0.2, 0.25) is 0 Å². The zero-order valence-corrected chi connectivity index (χ0v) is 25.2. The summed E-state index contributed by atoms with van der Waals surface area (Å²) in [5.74, 6) is 1.40. The van der Waals surface area contributed by atoms with Crippen LogP contribution >= 0.6 is 0 Å². The first-order valence-electron chi connectivity index (χ1n) is 12.5. The van der Waals surface area contributed by atoms with E-state index in [1.54, 1.807) is 48.2 Å². The molecular weight excluding hydrogens is 543 g/mol. The molecule has 3 aromatic carbocycles. The van der Waals surface area contributed by atoms with Crippen LogP contribution in [0.25, 0.3) is 5.52 Å². The molecular formula is C30H27N8NaO3. The third kappa shape index (κ3) is 6.64. The predicted molar refractivity (Wildman–Crippen MR) is 158 cm³/mol.